The number of carbonyl (C=O) groups is 2. The minimum absolute atomic E-state index is 0.0103. The summed E-state index contributed by atoms with van der Waals surface area (Å²) in [5, 5.41) is 11.8. The van der Waals surface area contributed by atoms with Crippen LogP contribution in [0.25, 0.3) is 0 Å². The predicted octanol–water partition coefficient (Wildman–Crippen LogP) is 2.53. The maximum absolute atomic E-state index is 13.4. The Bertz CT molecular complexity index is 1140. The molecule has 0 saturated carbocycles. The molecule has 0 spiro atoms. The summed E-state index contributed by atoms with van der Waals surface area (Å²) >= 11 is 1.49. The van der Waals surface area contributed by atoms with Gasteiger partial charge in [-0.1, -0.05) is 23.9 Å². The molecule has 4 N–H and O–H groups in total. The van der Waals surface area contributed by atoms with Gasteiger partial charge in [0.05, 0.1) is 36.0 Å². The number of nitrogens with one attached hydrogen (secondary N) is 1. The standard InChI is InChI=1S/C26H32F3N5O3S/c27-26(28,29)19-6-7-23-21(14-19)34(20-4-1-2-5-22(20)38-23)9-3-8-32-10-12-33(13-11-32)16-24(36)31-15-18(17-35)25(30)37/h1-2,4-7,14,18,35H,3,8-13,15-17H2,(H2,30,37)(H,31,36). The van der Waals surface area contributed by atoms with Crippen molar-refractivity contribution in [3.63, 3.8) is 0 Å². The Morgan fingerprint density at radius 1 is 1.00 bits per heavy atom. The van der Waals surface area contributed by atoms with E-state index in [9.17, 15) is 22.8 Å². The van der Waals surface area contributed by atoms with Crippen LogP contribution in [0.3, 0.4) is 0 Å². The van der Waals surface area contributed by atoms with E-state index in [2.05, 4.69) is 10.2 Å². The number of amides is 2. The fraction of sp³-hybridized carbons (Fsp3) is 0.462. The molecule has 1 unspecified atom stereocenters. The average Bonchev–Trinajstić information content (AvgIpc) is 2.88. The first-order valence-electron chi connectivity index (χ1n) is 12.5. The van der Waals surface area contributed by atoms with Gasteiger partial charge < -0.3 is 26.0 Å². The number of rotatable bonds is 10. The number of para-hydroxylation sites is 1. The molecule has 2 aliphatic rings. The van der Waals surface area contributed by atoms with Crippen molar-refractivity contribution >= 4 is 35.0 Å². The fourth-order valence-corrected chi connectivity index (χ4v) is 5.70. The number of nitrogens with zero attached hydrogens (tertiary/aromatic N) is 3. The van der Waals surface area contributed by atoms with Gasteiger partial charge in [-0.05, 0) is 43.3 Å². The van der Waals surface area contributed by atoms with Crippen LogP contribution in [-0.4, -0.2) is 85.7 Å². The summed E-state index contributed by atoms with van der Waals surface area (Å²) in [5.41, 5.74) is 6.03. The van der Waals surface area contributed by atoms with E-state index in [1.165, 1.54) is 17.8 Å². The van der Waals surface area contributed by atoms with Crippen molar-refractivity contribution in [1.29, 1.82) is 0 Å². The lowest BCUT2D eigenvalue weighted by atomic mass is 10.1. The van der Waals surface area contributed by atoms with Crippen LogP contribution in [0.1, 0.15) is 12.0 Å². The van der Waals surface area contributed by atoms with Gasteiger partial charge in [0.1, 0.15) is 0 Å². The second-order valence-electron chi connectivity index (χ2n) is 9.46. The zero-order valence-corrected chi connectivity index (χ0v) is 21.7. The maximum atomic E-state index is 13.4. The van der Waals surface area contributed by atoms with Crippen LogP contribution in [0, 0.1) is 5.92 Å². The van der Waals surface area contributed by atoms with Gasteiger partial charge in [0.15, 0.2) is 0 Å². The Balaban J connectivity index is 1.29. The molecule has 0 radical (unpaired) electrons. The highest BCUT2D eigenvalue weighted by molar-refractivity contribution is 7.99. The van der Waals surface area contributed by atoms with E-state index in [0.29, 0.717) is 25.3 Å². The molecule has 2 aromatic carbocycles. The van der Waals surface area contributed by atoms with Gasteiger partial charge in [-0.25, -0.2) is 0 Å². The SMILES string of the molecule is NC(=O)C(CO)CNC(=O)CN1CCN(CCCN2c3ccccc3Sc3ccc(C(F)(F)F)cc32)CC1. The molecule has 2 aliphatic heterocycles. The molecular formula is C26H32F3N5O3S. The topological polar surface area (TPSA) is 102 Å². The van der Waals surface area contributed by atoms with Crippen LogP contribution in [0.15, 0.2) is 52.3 Å². The Labute approximate surface area is 223 Å². The maximum Gasteiger partial charge on any atom is 0.416 e. The first kappa shape index (κ1) is 28.2. The zero-order valence-electron chi connectivity index (χ0n) is 20.9. The van der Waals surface area contributed by atoms with Crippen molar-refractivity contribution in [2.24, 2.45) is 11.7 Å². The zero-order chi connectivity index (χ0) is 27.3. The van der Waals surface area contributed by atoms with Crippen LogP contribution in [0.4, 0.5) is 24.5 Å². The normalized spacial score (nSPS) is 17.0. The molecule has 2 heterocycles. The Morgan fingerprint density at radius 2 is 1.68 bits per heavy atom. The van der Waals surface area contributed by atoms with E-state index in [-0.39, 0.29) is 19.0 Å². The van der Waals surface area contributed by atoms with E-state index in [0.717, 1.165) is 47.6 Å². The summed E-state index contributed by atoms with van der Waals surface area (Å²) in [5.74, 6) is -1.68. The molecule has 0 aliphatic carbocycles. The molecule has 2 amide bonds. The third-order valence-corrected chi connectivity index (χ3v) is 7.94. The molecule has 0 aromatic heterocycles. The molecular weight excluding hydrogens is 519 g/mol. The minimum Gasteiger partial charge on any atom is -0.395 e. The first-order valence-corrected chi connectivity index (χ1v) is 13.3. The molecule has 4 rings (SSSR count). The average molecular weight is 552 g/mol. The molecule has 1 fully saturated rings. The van der Waals surface area contributed by atoms with Gasteiger partial charge in [-0.3, -0.25) is 14.5 Å². The number of primary amides is 1. The van der Waals surface area contributed by atoms with Gasteiger partial charge in [0.2, 0.25) is 11.8 Å². The van der Waals surface area contributed by atoms with Gasteiger partial charge in [-0.2, -0.15) is 13.2 Å². The predicted molar refractivity (Wildman–Crippen MR) is 139 cm³/mol. The number of hydrogen-bond donors (Lipinski definition) is 3. The first-order chi connectivity index (χ1) is 18.2. The van der Waals surface area contributed by atoms with Crippen molar-refractivity contribution in [3.8, 4) is 0 Å². The van der Waals surface area contributed by atoms with Crippen molar-refractivity contribution in [1.82, 2.24) is 15.1 Å². The van der Waals surface area contributed by atoms with Gasteiger partial charge in [-0.15, -0.1) is 0 Å². The van der Waals surface area contributed by atoms with E-state index in [1.807, 2.05) is 34.1 Å². The van der Waals surface area contributed by atoms with E-state index >= 15 is 0 Å². The number of carbonyl (C=O) groups excluding carboxylic acids is 2. The highest BCUT2D eigenvalue weighted by Gasteiger charge is 2.33. The Morgan fingerprint density at radius 3 is 2.37 bits per heavy atom. The summed E-state index contributed by atoms with van der Waals surface area (Å²) in [6, 6.07) is 11.7. The molecule has 8 nitrogen and oxygen atoms in total. The number of nitrogens with two attached hydrogens (primary N) is 1. The molecule has 1 atom stereocenters. The third-order valence-electron chi connectivity index (χ3n) is 6.81. The second kappa shape index (κ2) is 12.4. The van der Waals surface area contributed by atoms with Gasteiger partial charge >= 0.3 is 6.18 Å². The molecule has 1 saturated heterocycles. The number of aliphatic hydroxyl groups is 1. The Hall–Kier alpha value is -2.80. The molecule has 12 heteroatoms. The highest BCUT2D eigenvalue weighted by atomic mass is 32.2. The Kier molecular flexibility index (Phi) is 9.19. The van der Waals surface area contributed by atoms with Crippen molar-refractivity contribution in [2.45, 2.75) is 22.4 Å². The quantitative estimate of drug-likeness (QED) is 0.417. The molecule has 0 bridgehead atoms. The van der Waals surface area contributed by atoms with Crippen LogP contribution >= 0.6 is 11.8 Å². The van der Waals surface area contributed by atoms with E-state index < -0.39 is 30.2 Å². The smallest absolute Gasteiger partial charge is 0.395 e. The van der Waals surface area contributed by atoms with Crippen molar-refractivity contribution in [2.75, 3.05) is 63.9 Å². The fourth-order valence-electron chi connectivity index (χ4n) is 4.62. The van der Waals surface area contributed by atoms with Crippen LogP contribution < -0.4 is 16.0 Å². The number of alkyl halides is 3. The van der Waals surface area contributed by atoms with Crippen LogP contribution in [-0.2, 0) is 15.8 Å². The lowest BCUT2D eigenvalue weighted by molar-refractivity contribution is -0.137. The third kappa shape index (κ3) is 6.99. The van der Waals surface area contributed by atoms with Gasteiger partial charge in [0, 0.05) is 49.1 Å². The van der Waals surface area contributed by atoms with Crippen molar-refractivity contribution < 1.29 is 27.9 Å². The molecule has 38 heavy (non-hydrogen) atoms. The number of benzene rings is 2. The number of hydrogen-bond acceptors (Lipinski definition) is 7. The van der Waals surface area contributed by atoms with E-state index in [1.54, 1.807) is 6.07 Å². The summed E-state index contributed by atoms with van der Waals surface area (Å²) in [4.78, 5) is 31.5. The largest absolute Gasteiger partial charge is 0.416 e. The number of fused-ring (bicyclic) bond motifs is 2. The number of aliphatic hydroxyl groups excluding tert-OH is 1. The lowest BCUT2D eigenvalue weighted by Crippen LogP contribution is -2.50. The highest BCUT2D eigenvalue weighted by Crippen LogP contribution is 2.49. The number of anilines is 2. The summed E-state index contributed by atoms with van der Waals surface area (Å²) in [6.07, 6.45) is -3.63. The molecule has 2 aromatic rings. The van der Waals surface area contributed by atoms with Crippen molar-refractivity contribution in [3.05, 3.63) is 48.0 Å². The summed E-state index contributed by atoms with van der Waals surface area (Å²) < 4.78 is 40.3. The van der Waals surface area contributed by atoms with Crippen LogP contribution in [0.5, 0.6) is 0 Å². The monoisotopic (exact) mass is 551 g/mol. The van der Waals surface area contributed by atoms with E-state index in [4.69, 9.17) is 10.8 Å². The molecule has 206 valence electrons. The van der Waals surface area contributed by atoms with Gasteiger partial charge in [0.25, 0.3) is 0 Å². The summed E-state index contributed by atoms with van der Waals surface area (Å²) in [7, 11) is 0. The minimum atomic E-state index is -4.40. The van der Waals surface area contributed by atoms with Crippen LogP contribution in [0.2, 0.25) is 0 Å². The second-order valence-corrected chi connectivity index (χ2v) is 10.5. The number of piperazine rings is 1. The lowest BCUT2D eigenvalue weighted by Gasteiger charge is -2.36. The summed E-state index contributed by atoms with van der Waals surface area (Å²) in [6.45, 7) is 4.12. The number of halogens is 3.